The number of nitrogens with one attached hydrogen (secondary N) is 1. The Morgan fingerprint density at radius 1 is 1.00 bits per heavy atom. The monoisotopic (exact) mass is 427 g/mol. The first-order valence-electron chi connectivity index (χ1n) is 10.8. The van der Waals surface area contributed by atoms with Crippen molar-refractivity contribution in [1.29, 1.82) is 0 Å². The van der Waals surface area contributed by atoms with E-state index in [4.69, 9.17) is 4.98 Å². The number of para-hydroxylation sites is 1. The first kappa shape index (κ1) is 19.9. The molecule has 0 aliphatic carbocycles. The summed E-state index contributed by atoms with van der Waals surface area (Å²) in [5.74, 6) is -0.00193. The van der Waals surface area contributed by atoms with Crippen LogP contribution in [-0.4, -0.2) is 34.9 Å². The largest absolute Gasteiger partial charge is 0.349 e. The fourth-order valence-electron chi connectivity index (χ4n) is 4.25. The minimum Gasteiger partial charge on any atom is -0.349 e. The number of carbonyl (C=O) groups is 1. The van der Waals surface area contributed by atoms with Crippen molar-refractivity contribution in [2.75, 3.05) is 13.1 Å². The average molecular weight is 428 g/mol. The number of carbonyl (C=O) groups excluding carboxylic acids is 1. The van der Waals surface area contributed by atoms with Crippen molar-refractivity contribution in [3.63, 3.8) is 0 Å². The summed E-state index contributed by atoms with van der Waals surface area (Å²) in [6.07, 6.45) is 1.94. The van der Waals surface area contributed by atoms with E-state index in [-0.39, 0.29) is 11.9 Å². The van der Waals surface area contributed by atoms with Gasteiger partial charge in [0, 0.05) is 31.1 Å². The zero-order chi connectivity index (χ0) is 21.0. The molecule has 0 radical (unpaired) electrons. The summed E-state index contributed by atoms with van der Waals surface area (Å²) in [5.41, 5.74) is 3.77. The number of hydrogen-bond donors (Lipinski definition) is 1. The SMILES string of the molecule is O=C(NC1CCN(Cc2ccccc2)CC1)c1cc(-c2cccs2)nc2ccccc12. The van der Waals surface area contributed by atoms with Crippen molar-refractivity contribution in [3.8, 4) is 10.6 Å². The number of amides is 1. The predicted octanol–water partition coefficient (Wildman–Crippen LogP) is 5.36. The van der Waals surface area contributed by atoms with Crippen LogP contribution in [0.5, 0.6) is 0 Å². The van der Waals surface area contributed by atoms with Crippen LogP contribution in [0.15, 0.2) is 78.2 Å². The van der Waals surface area contributed by atoms with E-state index >= 15 is 0 Å². The molecule has 0 saturated carbocycles. The molecule has 0 spiro atoms. The molecule has 31 heavy (non-hydrogen) atoms. The zero-order valence-corrected chi connectivity index (χ0v) is 18.1. The Balaban J connectivity index is 1.30. The molecule has 2 aromatic heterocycles. The third kappa shape index (κ3) is 4.53. The van der Waals surface area contributed by atoms with Crippen molar-refractivity contribution < 1.29 is 4.79 Å². The molecule has 5 rings (SSSR count). The maximum absolute atomic E-state index is 13.3. The highest BCUT2D eigenvalue weighted by Crippen LogP contribution is 2.28. The van der Waals surface area contributed by atoms with Crippen LogP contribution >= 0.6 is 11.3 Å². The van der Waals surface area contributed by atoms with Crippen LogP contribution in [0.25, 0.3) is 21.5 Å². The van der Waals surface area contributed by atoms with E-state index in [1.54, 1.807) is 11.3 Å². The first-order valence-corrected chi connectivity index (χ1v) is 11.6. The van der Waals surface area contributed by atoms with Crippen LogP contribution in [0.4, 0.5) is 0 Å². The third-order valence-electron chi connectivity index (χ3n) is 5.91. The average Bonchev–Trinajstić information content (AvgIpc) is 3.35. The molecule has 1 aliphatic rings. The maximum atomic E-state index is 13.3. The summed E-state index contributed by atoms with van der Waals surface area (Å²) in [6, 6.07) is 24.7. The number of rotatable bonds is 5. The summed E-state index contributed by atoms with van der Waals surface area (Å²) < 4.78 is 0. The molecule has 1 N–H and O–H groups in total. The molecule has 0 bridgehead atoms. The topological polar surface area (TPSA) is 45.2 Å². The lowest BCUT2D eigenvalue weighted by molar-refractivity contribution is 0.0910. The van der Waals surface area contributed by atoms with Gasteiger partial charge in [0.05, 0.1) is 21.7 Å². The van der Waals surface area contributed by atoms with Gasteiger partial charge in [-0.05, 0) is 42.0 Å². The minimum absolute atomic E-state index is 0.00193. The normalized spacial score (nSPS) is 15.2. The van der Waals surface area contributed by atoms with Gasteiger partial charge in [0.15, 0.2) is 0 Å². The van der Waals surface area contributed by atoms with Crippen LogP contribution in [0, 0.1) is 0 Å². The van der Waals surface area contributed by atoms with Gasteiger partial charge in [-0.2, -0.15) is 0 Å². The molecule has 1 saturated heterocycles. The number of nitrogens with zero attached hydrogens (tertiary/aromatic N) is 2. The molecule has 1 fully saturated rings. The summed E-state index contributed by atoms with van der Waals surface area (Å²) in [6.45, 7) is 2.97. The molecule has 156 valence electrons. The number of piperidine rings is 1. The second-order valence-corrected chi connectivity index (χ2v) is 9.01. The Morgan fingerprint density at radius 3 is 2.55 bits per heavy atom. The maximum Gasteiger partial charge on any atom is 0.252 e. The minimum atomic E-state index is -0.00193. The van der Waals surface area contributed by atoms with Gasteiger partial charge >= 0.3 is 0 Å². The molecular formula is C26H25N3OS. The van der Waals surface area contributed by atoms with Crippen molar-refractivity contribution in [2.45, 2.75) is 25.4 Å². The van der Waals surface area contributed by atoms with E-state index in [9.17, 15) is 4.79 Å². The van der Waals surface area contributed by atoms with Crippen molar-refractivity contribution in [3.05, 3.63) is 89.3 Å². The van der Waals surface area contributed by atoms with Crippen LogP contribution < -0.4 is 5.32 Å². The highest BCUT2D eigenvalue weighted by atomic mass is 32.1. The number of thiophene rings is 1. The quantitative estimate of drug-likeness (QED) is 0.466. The van der Waals surface area contributed by atoms with Crippen LogP contribution in [0.2, 0.25) is 0 Å². The summed E-state index contributed by atoms with van der Waals surface area (Å²) in [4.78, 5) is 21.6. The van der Waals surface area contributed by atoms with Gasteiger partial charge in [0.25, 0.3) is 5.91 Å². The third-order valence-corrected chi connectivity index (χ3v) is 6.80. The lowest BCUT2D eigenvalue weighted by Gasteiger charge is -2.32. The van der Waals surface area contributed by atoms with Gasteiger partial charge in [0.2, 0.25) is 0 Å². The van der Waals surface area contributed by atoms with Gasteiger partial charge in [-0.25, -0.2) is 4.98 Å². The number of pyridine rings is 1. The molecule has 4 aromatic rings. The number of hydrogen-bond acceptors (Lipinski definition) is 4. The molecule has 4 nitrogen and oxygen atoms in total. The van der Waals surface area contributed by atoms with E-state index in [0.717, 1.165) is 53.9 Å². The Morgan fingerprint density at radius 2 is 1.77 bits per heavy atom. The molecule has 3 heterocycles. The summed E-state index contributed by atoms with van der Waals surface area (Å²) in [5, 5.41) is 6.24. The smallest absolute Gasteiger partial charge is 0.252 e. The van der Waals surface area contributed by atoms with Gasteiger partial charge in [-0.3, -0.25) is 9.69 Å². The van der Waals surface area contributed by atoms with E-state index in [2.05, 4.69) is 40.5 Å². The molecule has 1 aliphatic heterocycles. The highest BCUT2D eigenvalue weighted by Gasteiger charge is 2.22. The second-order valence-electron chi connectivity index (χ2n) is 8.06. The Labute approximate surface area is 186 Å². The Bertz CT molecular complexity index is 1170. The fraction of sp³-hybridized carbons (Fsp3) is 0.231. The number of aromatic nitrogens is 1. The summed E-state index contributed by atoms with van der Waals surface area (Å²) >= 11 is 1.64. The lowest BCUT2D eigenvalue weighted by Crippen LogP contribution is -2.44. The molecule has 5 heteroatoms. The van der Waals surface area contributed by atoms with E-state index in [0.29, 0.717) is 5.56 Å². The van der Waals surface area contributed by atoms with Crippen LogP contribution in [-0.2, 0) is 6.54 Å². The molecule has 1 amide bonds. The molecular weight excluding hydrogens is 402 g/mol. The standard InChI is InChI=1S/C26H25N3OS/c30-26(27-20-12-14-29(15-13-20)18-19-7-2-1-3-8-19)22-17-24(25-11-6-16-31-25)28-23-10-5-4-9-21(22)23/h1-11,16-17,20H,12-15,18H2,(H,27,30). The zero-order valence-electron chi connectivity index (χ0n) is 17.3. The number of benzene rings is 2. The Hall–Kier alpha value is -3.02. The van der Waals surface area contributed by atoms with E-state index < -0.39 is 0 Å². The number of likely N-dealkylation sites (tertiary alicyclic amines) is 1. The van der Waals surface area contributed by atoms with E-state index in [1.165, 1.54) is 5.56 Å². The predicted molar refractivity (Wildman–Crippen MR) is 127 cm³/mol. The molecule has 0 unspecified atom stereocenters. The lowest BCUT2D eigenvalue weighted by atomic mass is 10.0. The molecule has 2 aromatic carbocycles. The summed E-state index contributed by atoms with van der Waals surface area (Å²) in [7, 11) is 0. The molecule has 0 atom stereocenters. The first-order chi connectivity index (χ1) is 15.3. The van der Waals surface area contributed by atoms with Crippen molar-refractivity contribution in [2.24, 2.45) is 0 Å². The van der Waals surface area contributed by atoms with Gasteiger partial charge in [-0.1, -0.05) is 54.6 Å². The van der Waals surface area contributed by atoms with E-state index in [1.807, 2.05) is 47.8 Å². The van der Waals surface area contributed by atoms with Crippen molar-refractivity contribution in [1.82, 2.24) is 15.2 Å². The number of fused-ring (bicyclic) bond motifs is 1. The Kier molecular flexibility index (Phi) is 5.78. The van der Waals surface area contributed by atoms with Crippen LogP contribution in [0.1, 0.15) is 28.8 Å². The van der Waals surface area contributed by atoms with Gasteiger partial charge < -0.3 is 5.32 Å². The van der Waals surface area contributed by atoms with Gasteiger partial charge in [0.1, 0.15) is 0 Å². The van der Waals surface area contributed by atoms with Gasteiger partial charge in [-0.15, -0.1) is 11.3 Å². The van der Waals surface area contributed by atoms with Crippen LogP contribution in [0.3, 0.4) is 0 Å². The van der Waals surface area contributed by atoms with Crippen molar-refractivity contribution >= 4 is 28.1 Å². The fourth-order valence-corrected chi connectivity index (χ4v) is 4.94. The second kappa shape index (κ2) is 9.00. The highest BCUT2D eigenvalue weighted by molar-refractivity contribution is 7.13.